The van der Waals surface area contributed by atoms with Gasteiger partial charge >= 0.3 is 0 Å². The number of aryl methyl sites for hydroxylation is 1. The van der Waals surface area contributed by atoms with E-state index in [2.05, 4.69) is 4.98 Å². The van der Waals surface area contributed by atoms with E-state index in [4.69, 9.17) is 26.4 Å². The van der Waals surface area contributed by atoms with Crippen LogP contribution in [0.3, 0.4) is 0 Å². The van der Waals surface area contributed by atoms with Crippen molar-refractivity contribution in [3.63, 3.8) is 0 Å². The lowest BCUT2D eigenvalue weighted by atomic mass is 10.2. The number of aromatic nitrogens is 2. The van der Waals surface area contributed by atoms with Crippen LogP contribution in [-0.2, 0) is 11.3 Å². The van der Waals surface area contributed by atoms with Gasteiger partial charge in [-0.15, -0.1) is 0 Å². The smallest absolute Gasteiger partial charge is 0.269 e. The van der Waals surface area contributed by atoms with Crippen molar-refractivity contribution in [1.29, 1.82) is 0 Å². The number of hydrogen-bond acceptors (Lipinski definition) is 8. The standard InChI is InChI=1S/C27H18FN3O5S2/c1-15-3-2-10-30-23(15)29-24(36-18-7-5-17(28)6-8-18)19(25(30)32)12-22-26(33)31(27(37)38-22)13-16-4-9-20-21(11-16)35-14-34-20/h2-12H,13-14H2,1H3/b22-12+. The number of nitrogens with zero attached hydrogens (tertiary/aromatic N) is 3. The van der Waals surface area contributed by atoms with Crippen molar-refractivity contribution in [1.82, 2.24) is 14.3 Å². The minimum Gasteiger partial charge on any atom is -0.454 e. The van der Waals surface area contributed by atoms with Gasteiger partial charge in [-0.25, -0.2) is 4.39 Å². The van der Waals surface area contributed by atoms with E-state index in [1.165, 1.54) is 39.6 Å². The van der Waals surface area contributed by atoms with Crippen molar-refractivity contribution >= 4 is 45.9 Å². The highest BCUT2D eigenvalue weighted by Crippen LogP contribution is 2.37. The molecule has 1 amide bonds. The summed E-state index contributed by atoms with van der Waals surface area (Å²) in [6, 6.07) is 14.4. The number of pyridine rings is 1. The molecule has 8 nitrogen and oxygen atoms in total. The van der Waals surface area contributed by atoms with Gasteiger partial charge in [0.15, 0.2) is 11.5 Å². The highest BCUT2D eigenvalue weighted by Gasteiger charge is 2.33. The summed E-state index contributed by atoms with van der Waals surface area (Å²) in [5.41, 5.74) is 1.63. The van der Waals surface area contributed by atoms with Crippen molar-refractivity contribution in [3.8, 4) is 23.1 Å². The third-order valence-electron chi connectivity index (χ3n) is 6.00. The third kappa shape index (κ3) is 4.39. The number of amides is 1. The minimum absolute atomic E-state index is 0.00283. The van der Waals surface area contributed by atoms with Gasteiger partial charge in [0.1, 0.15) is 27.1 Å². The Labute approximate surface area is 225 Å². The molecule has 38 heavy (non-hydrogen) atoms. The molecule has 2 aliphatic rings. The van der Waals surface area contributed by atoms with Crippen LogP contribution in [0.2, 0.25) is 0 Å². The summed E-state index contributed by atoms with van der Waals surface area (Å²) in [6.07, 6.45) is 3.05. The molecule has 1 saturated heterocycles. The molecule has 0 spiro atoms. The van der Waals surface area contributed by atoms with Crippen LogP contribution < -0.4 is 19.8 Å². The first-order valence-electron chi connectivity index (χ1n) is 11.5. The molecular weight excluding hydrogens is 529 g/mol. The molecule has 2 aromatic carbocycles. The number of thioether (sulfide) groups is 1. The first-order valence-corrected chi connectivity index (χ1v) is 12.7. The minimum atomic E-state index is -0.425. The highest BCUT2D eigenvalue weighted by molar-refractivity contribution is 8.26. The highest BCUT2D eigenvalue weighted by atomic mass is 32.2. The lowest BCUT2D eigenvalue weighted by Gasteiger charge is -2.15. The number of halogens is 1. The first kappa shape index (κ1) is 24.1. The predicted molar refractivity (Wildman–Crippen MR) is 144 cm³/mol. The molecule has 0 N–H and O–H groups in total. The quantitative estimate of drug-likeness (QED) is 0.253. The van der Waals surface area contributed by atoms with Gasteiger partial charge in [-0.1, -0.05) is 36.1 Å². The van der Waals surface area contributed by atoms with E-state index in [1.54, 1.807) is 24.4 Å². The average Bonchev–Trinajstić information content (AvgIpc) is 3.48. The van der Waals surface area contributed by atoms with Gasteiger partial charge in [0.05, 0.1) is 11.4 Å². The molecular formula is C27H18FN3O5S2. The van der Waals surface area contributed by atoms with Crippen LogP contribution in [0.4, 0.5) is 4.39 Å². The van der Waals surface area contributed by atoms with Crippen LogP contribution in [0.5, 0.6) is 23.1 Å². The molecule has 2 aromatic heterocycles. The van der Waals surface area contributed by atoms with Gasteiger partial charge in [0.25, 0.3) is 11.5 Å². The molecule has 4 heterocycles. The number of hydrogen-bond donors (Lipinski definition) is 0. The largest absolute Gasteiger partial charge is 0.454 e. The summed E-state index contributed by atoms with van der Waals surface area (Å²) < 4.78 is 31.9. The summed E-state index contributed by atoms with van der Waals surface area (Å²) in [4.78, 5) is 33.2. The zero-order chi connectivity index (χ0) is 26.4. The summed E-state index contributed by atoms with van der Waals surface area (Å²) in [6.45, 7) is 2.20. The molecule has 0 saturated carbocycles. The number of benzene rings is 2. The van der Waals surface area contributed by atoms with Crippen LogP contribution >= 0.6 is 24.0 Å². The molecule has 0 bridgehead atoms. The van der Waals surface area contributed by atoms with E-state index in [0.29, 0.717) is 27.2 Å². The summed E-state index contributed by atoms with van der Waals surface area (Å²) in [5, 5.41) is 0. The van der Waals surface area contributed by atoms with Gasteiger partial charge in [-0.2, -0.15) is 4.98 Å². The Bertz CT molecular complexity index is 1720. The number of carbonyl (C=O) groups excluding carboxylic acids is 1. The van der Waals surface area contributed by atoms with Crippen LogP contribution in [-0.4, -0.2) is 31.3 Å². The van der Waals surface area contributed by atoms with Crippen molar-refractivity contribution in [2.24, 2.45) is 0 Å². The van der Waals surface area contributed by atoms with Crippen LogP contribution in [0, 0.1) is 12.7 Å². The van der Waals surface area contributed by atoms with Gasteiger partial charge in [-0.05, 0) is 66.6 Å². The van der Waals surface area contributed by atoms with Gasteiger partial charge in [-0.3, -0.25) is 18.9 Å². The fraction of sp³-hybridized carbons (Fsp3) is 0.111. The number of fused-ring (bicyclic) bond motifs is 2. The lowest BCUT2D eigenvalue weighted by Crippen LogP contribution is -2.27. The second-order valence-corrected chi connectivity index (χ2v) is 10.2. The zero-order valence-corrected chi connectivity index (χ0v) is 21.5. The van der Waals surface area contributed by atoms with Gasteiger partial charge in [0, 0.05) is 6.20 Å². The Kier molecular flexibility index (Phi) is 6.09. The normalized spacial score (nSPS) is 15.6. The summed E-state index contributed by atoms with van der Waals surface area (Å²) >= 11 is 6.58. The fourth-order valence-corrected chi connectivity index (χ4v) is 5.33. The second kappa shape index (κ2) is 9.58. The summed E-state index contributed by atoms with van der Waals surface area (Å²) in [5.74, 6) is 0.771. The third-order valence-corrected chi connectivity index (χ3v) is 7.38. The average molecular weight is 548 g/mol. The van der Waals surface area contributed by atoms with Crippen LogP contribution in [0.25, 0.3) is 11.7 Å². The maximum atomic E-state index is 13.5. The molecule has 11 heteroatoms. The number of carbonyl (C=O) groups is 1. The van der Waals surface area contributed by atoms with Crippen LogP contribution in [0.15, 0.2) is 70.5 Å². The molecule has 6 rings (SSSR count). The van der Waals surface area contributed by atoms with Crippen molar-refractivity contribution in [3.05, 3.63) is 98.6 Å². The summed E-state index contributed by atoms with van der Waals surface area (Å²) in [7, 11) is 0. The number of ether oxygens (including phenoxy) is 3. The second-order valence-electron chi connectivity index (χ2n) is 8.53. The fourth-order valence-electron chi connectivity index (χ4n) is 4.10. The molecule has 190 valence electrons. The van der Waals surface area contributed by atoms with Gasteiger partial charge < -0.3 is 14.2 Å². The lowest BCUT2D eigenvalue weighted by molar-refractivity contribution is -0.122. The maximum Gasteiger partial charge on any atom is 0.269 e. The van der Waals surface area contributed by atoms with E-state index in [0.717, 1.165) is 22.9 Å². The Balaban J connectivity index is 1.38. The number of thiocarbonyl (C=S) groups is 1. The topological polar surface area (TPSA) is 82.4 Å². The van der Waals surface area contributed by atoms with E-state index >= 15 is 0 Å². The Hall–Kier alpha value is -4.22. The molecule has 0 aliphatic carbocycles. The van der Waals surface area contributed by atoms with Crippen molar-refractivity contribution < 1.29 is 23.4 Å². The monoisotopic (exact) mass is 547 g/mol. The zero-order valence-electron chi connectivity index (χ0n) is 19.8. The van der Waals surface area contributed by atoms with Crippen molar-refractivity contribution in [2.75, 3.05) is 6.79 Å². The molecule has 0 atom stereocenters. The SMILES string of the molecule is Cc1cccn2c(=O)c(/C=C3/SC(=S)N(Cc4ccc5c(c4)OCO5)C3=O)c(Oc3ccc(F)cc3)nc12. The Morgan fingerprint density at radius 3 is 2.74 bits per heavy atom. The maximum absolute atomic E-state index is 13.5. The van der Waals surface area contributed by atoms with E-state index in [-0.39, 0.29) is 35.6 Å². The Morgan fingerprint density at radius 2 is 1.92 bits per heavy atom. The molecule has 1 fully saturated rings. The van der Waals surface area contributed by atoms with E-state index < -0.39 is 11.4 Å². The van der Waals surface area contributed by atoms with Crippen molar-refractivity contribution in [2.45, 2.75) is 13.5 Å². The van der Waals surface area contributed by atoms with Gasteiger partial charge in [0.2, 0.25) is 12.7 Å². The molecule has 4 aromatic rings. The Morgan fingerprint density at radius 1 is 1.13 bits per heavy atom. The predicted octanol–water partition coefficient (Wildman–Crippen LogP) is 5.06. The molecule has 0 unspecified atom stereocenters. The van der Waals surface area contributed by atoms with Crippen LogP contribution in [0.1, 0.15) is 16.7 Å². The number of rotatable bonds is 5. The molecule has 2 aliphatic heterocycles. The molecule has 0 radical (unpaired) electrons. The first-order chi connectivity index (χ1) is 18.4. The van der Waals surface area contributed by atoms with E-state index in [1.807, 2.05) is 19.1 Å². The van der Waals surface area contributed by atoms with E-state index in [9.17, 15) is 14.0 Å².